The third-order valence-corrected chi connectivity index (χ3v) is 4.54. The highest BCUT2D eigenvalue weighted by Crippen LogP contribution is 2.26. The fourth-order valence-electron chi connectivity index (χ4n) is 3.32. The summed E-state index contributed by atoms with van der Waals surface area (Å²) >= 11 is 0. The molecule has 5 nitrogen and oxygen atoms in total. The Morgan fingerprint density at radius 2 is 1.96 bits per heavy atom. The van der Waals surface area contributed by atoms with Gasteiger partial charge in [-0.3, -0.25) is 15.0 Å². The van der Waals surface area contributed by atoms with Crippen LogP contribution in [0.4, 0.5) is 0 Å². The van der Waals surface area contributed by atoms with Crippen LogP contribution in [0.25, 0.3) is 11.4 Å². The molecule has 0 spiro atoms. The number of rotatable bonds is 4. The van der Waals surface area contributed by atoms with Gasteiger partial charge in [0.05, 0.1) is 5.69 Å². The van der Waals surface area contributed by atoms with Crippen molar-refractivity contribution < 1.29 is 0 Å². The molecule has 1 N–H and O–H groups in total. The normalized spacial score (nSPS) is 18.6. The number of pyridine rings is 1. The molecule has 0 radical (unpaired) electrons. The molecule has 4 rings (SSSR count). The number of aromatic amines is 1. The smallest absolute Gasteiger partial charge is 0.181 e. The fraction of sp³-hybridized carbons (Fsp3) is 0.316. The minimum absolute atomic E-state index is 0.410. The molecule has 0 amide bonds. The highest BCUT2D eigenvalue weighted by Gasteiger charge is 2.24. The Balaban J connectivity index is 1.45. The highest BCUT2D eigenvalue weighted by molar-refractivity contribution is 5.53. The first-order chi connectivity index (χ1) is 11.9. The van der Waals surface area contributed by atoms with Gasteiger partial charge in [0, 0.05) is 30.8 Å². The zero-order chi connectivity index (χ0) is 16.2. The summed E-state index contributed by atoms with van der Waals surface area (Å²) in [6.07, 6.45) is 4.19. The number of nitrogens with zero attached hydrogens (tertiary/aromatic N) is 4. The first-order valence-corrected chi connectivity index (χ1v) is 8.48. The Bertz CT molecular complexity index is 769. The van der Waals surface area contributed by atoms with Gasteiger partial charge in [-0.2, -0.15) is 5.10 Å². The molecule has 24 heavy (non-hydrogen) atoms. The lowest BCUT2D eigenvalue weighted by Gasteiger charge is -2.31. The van der Waals surface area contributed by atoms with E-state index in [1.54, 1.807) is 0 Å². The monoisotopic (exact) mass is 319 g/mol. The summed E-state index contributed by atoms with van der Waals surface area (Å²) in [6, 6.07) is 16.2. The Labute approximate surface area is 141 Å². The molecule has 1 fully saturated rings. The van der Waals surface area contributed by atoms with Crippen molar-refractivity contribution in [1.29, 1.82) is 0 Å². The minimum Gasteiger partial charge on any atom is -0.297 e. The van der Waals surface area contributed by atoms with Crippen molar-refractivity contribution in [3.63, 3.8) is 0 Å². The van der Waals surface area contributed by atoms with Crippen LogP contribution in [-0.2, 0) is 6.54 Å². The van der Waals surface area contributed by atoms with E-state index in [9.17, 15) is 0 Å². The van der Waals surface area contributed by atoms with Gasteiger partial charge in [0.25, 0.3) is 0 Å². The SMILES string of the molecule is c1ccc(-c2n[nH]c(C3CCCN(Cc4ccccn4)C3)n2)cc1. The third kappa shape index (κ3) is 3.36. The molecule has 0 saturated carbocycles. The second-order valence-corrected chi connectivity index (χ2v) is 6.31. The Morgan fingerprint density at radius 1 is 1.08 bits per heavy atom. The van der Waals surface area contributed by atoms with Gasteiger partial charge >= 0.3 is 0 Å². The Hall–Kier alpha value is -2.53. The van der Waals surface area contributed by atoms with Crippen molar-refractivity contribution in [2.45, 2.75) is 25.3 Å². The van der Waals surface area contributed by atoms with E-state index >= 15 is 0 Å². The van der Waals surface area contributed by atoms with Crippen molar-refractivity contribution in [3.8, 4) is 11.4 Å². The summed E-state index contributed by atoms with van der Waals surface area (Å²) in [6.45, 7) is 3.02. The maximum Gasteiger partial charge on any atom is 0.181 e. The minimum atomic E-state index is 0.410. The van der Waals surface area contributed by atoms with Crippen molar-refractivity contribution in [2.75, 3.05) is 13.1 Å². The number of likely N-dealkylation sites (tertiary alicyclic amines) is 1. The number of aromatic nitrogens is 4. The third-order valence-electron chi connectivity index (χ3n) is 4.54. The van der Waals surface area contributed by atoms with E-state index in [1.165, 1.54) is 6.42 Å². The average molecular weight is 319 g/mol. The molecule has 1 aliphatic heterocycles. The van der Waals surface area contributed by atoms with Gasteiger partial charge in [0.15, 0.2) is 5.82 Å². The fourth-order valence-corrected chi connectivity index (χ4v) is 3.32. The van der Waals surface area contributed by atoms with Crippen LogP contribution in [0.3, 0.4) is 0 Å². The van der Waals surface area contributed by atoms with Gasteiger partial charge < -0.3 is 0 Å². The summed E-state index contributed by atoms with van der Waals surface area (Å²) in [4.78, 5) is 11.6. The molecular weight excluding hydrogens is 298 g/mol. The topological polar surface area (TPSA) is 57.7 Å². The maximum atomic E-state index is 4.74. The zero-order valence-corrected chi connectivity index (χ0v) is 13.6. The van der Waals surface area contributed by atoms with Crippen LogP contribution in [0, 0.1) is 0 Å². The van der Waals surface area contributed by atoms with Crippen LogP contribution < -0.4 is 0 Å². The average Bonchev–Trinajstić information content (AvgIpc) is 3.14. The van der Waals surface area contributed by atoms with Crippen LogP contribution in [0.5, 0.6) is 0 Å². The molecule has 1 atom stereocenters. The zero-order valence-electron chi connectivity index (χ0n) is 13.6. The molecule has 1 saturated heterocycles. The number of nitrogens with one attached hydrogen (secondary N) is 1. The second-order valence-electron chi connectivity index (χ2n) is 6.31. The van der Waals surface area contributed by atoms with Crippen molar-refractivity contribution in [1.82, 2.24) is 25.1 Å². The van der Waals surface area contributed by atoms with E-state index in [1.807, 2.05) is 48.7 Å². The Kier molecular flexibility index (Phi) is 4.34. The van der Waals surface area contributed by atoms with Crippen LogP contribution in [0.15, 0.2) is 54.7 Å². The molecule has 1 aromatic carbocycles. The number of benzene rings is 1. The molecule has 3 aromatic rings. The van der Waals surface area contributed by atoms with Crippen LogP contribution >= 0.6 is 0 Å². The summed E-state index contributed by atoms with van der Waals surface area (Å²) < 4.78 is 0. The van der Waals surface area contributed by atoms with Crippen molar-refractivity contribution >= 4 is 0 Å². The number of hydrogen-bond donors (Lipinski definition) is 1. The lowest BCUT2D eigenvalue weighted by Crippen LogP contribution is -2.34. The molecular formula is C19H21N5. The van der Waals surface area contributed by atoms with Gasteiger partial charge in [-0.05, 0) is 31.5 Å². The van der Waals surface area contributed by atoms with Crippen molar-refractivity contribution in [2.24, 2.45) is 0 Å². The second kappa shape index (κ2) is 6.93. The van der Waals surface area contributed by atoms with E-state index < -0.39 is 0 Å². The molecule has 3 heterocycles. The van der Waals surface area contributed by atoms with Gasteiger partial charge in [0.2, 0.25) is 0 Å². The molecule has 2 aromatic heterocycles. The van der Waals surface area contributed by atoms with E-state index in [-0.39, 0.29) is 0 Å². The molecule has 0 bridgehead atoms. The molecule has 0 aliphatic carbocycles. The largest absolute Gasteiger partial charge is 0.297 e. The Morgan fingerprint density at radius 3 is 2.79 bits per heavy atom. The predicted molar refractivity (Wildman–Crippen MR) is 93.3 cm³/mol. The first kappa shape index (κ1) is 15.0. The standard InChI is InChI=1S/C19H21N5/c1-2-7-15(8-3-1)18-21-19(23-22-18)16-9-6-12-24(13-16)14-17-10-4-5-11-20-17/h1-5,7-8,10-11,16H,6,9,12-14H2,(H,21,22,23). The van der Waals surface area contributed by atoms with Crippen molar-refractivity contribution in [3.05, 3.63) is 66.2 Å². The lowest BCUT2D eigenvalue weighted by atomic mass is 9.97. The summed E-state index contributed by atoms with van der Waals surface area (Å²) in [5.74, 6) is 2.19. The van der Waals surface area contributed by atoms with Gasteiger partial charge in [-0.25, -0.2) is 4.98 Å². The number of H-pyrrole nitrogens is 1. The van der Waals surface area contributed by atoms with Gasteiger partial charge in [-0.1, -0.05) is 36.4 Å². The molecule has 122 valence electrons. The first-order valence-electron chi connectivity index (χ1n) is 8.48. The quantitative estimate of drug-likeness (QED) is 0.802. The molecule has 5 heteroatoms. The van der Waals surface area contributed by atoms with Gasteiger partial charge in [0.1, 0.15) is 5.82 Å². The van der Waals surface area contributed by atoms with Crippen LogP contribution in [0.1, 0.15) is 30.3 Å². The number of piperidine rings is 1. The summed E-state index contributed by atoms with van der Waals surface area (Å²) in [5, 5.41) is 7.56. The maximum absolute atomic E-state index is 4.74. The molecule has 1 unspecified atom stereocenters. The van der Waals surface area contributed by atoms with Crippen LogP contribution in [-0.4, -0.2) is 38.2 Å². The predicted octanol–water partition coefficient (Wildman–Crippen LogP) is 3.25. The summed E-state index contributed by atoms with van der Waals surface area (Å²) in [5.41, 5.74) is 2.18. The number of hydrogen-bond acceptors (Lipinski definition) is 4. The molecule has 1 aliphatic rings. The van der Waals surface area contributed by atoms with Gasteiger partial charge in [-0.15, -0.1) is 0 Å². The lowest BCUT2D eigenvalue weighted by molar-refractivity contribution is 0.195. The highest BCUT2D eigenvalue weighted by atomic mass is 15.2. The van der Waals surface area contributed by atoms with E-state index in [0.717, 1.165) is 49.0 Å². The van der Waals surface area contributed by atoms with E-state index in [0.29, 0.717) is 5.92 Å². The van der Waals surface area contributed by atoms with E-state index in [4.69, 9.17) is 4.98 Å². The van der Waals surface area contributed by atoms with E-state index in [2.05, 4.69) is 26.1 Å². The van der Waals surface area contributed by atoms with Crippen LogP contribution in [0.2, 0.25) is 0 Å². The summed E-state index contributed by atoms with van der Waals surface area (Å²) in [7, 11) is 0.